The zero-order chi connectivity index (χ0) is 55.5. The lowest BCUT2D eigenvalue weighted by Crippen LogP contribution is -2.57. The van der Waals surface area contributed by atoms with Crippen molar-refractivity contribution >= 4 is 69.2 Å². The van der Waals surface area contributed by atoms with E-state index in [1.54, 1.807) is 35.2 Å². The number of hydrogen-bond donors (Lipinski definition) is 4. The van der Waals surface area contributed by atoms with E-state index in [0.717, 1.165) is 53.1 Å². The standard InChI is InChI=1S/C56H73N11O10S/c1-35-43-32-59-55(63-51(43)67(40-9-7-8-10-40)53(73)48(35)37(3)68)61-45-16-15-41(31-57-45)64-19-21-65(22-20-64)47(71)18-24-76-26-28-77-27-25-75-23-17-46(70)62-50(56(4,5)6)54(74)66-33-42(69)29-44(66)52(72)58-30-38-11-13-39(14-12-38)49-36(2)60-34-78-49/h11-16,31-32,34,40,42,44,50,69H,7-10,17-30,33H2,1-6H3,(H,58,72)(H,62,70)(H,57,59,61,63)/t42-,44+,50-/m1/s1. The average Bonchev–Trinajstić information content (AvgIpc) is 4.25. The number of hydrogen-bond acceptors (Lipinski definition) is 17. The van der Waals surface area contributed by atoms with Crippen LogP contribution >= 0.6 is 11.3 Å². The highest BCUT2D eigenvalue weighted by molar-refractivity contribution is 7.13. The molecule has 6 heterocycles. The number of rotatable bonds is 23. The van der Waals surface area contributed by atoms with Crippen LogP contribution in [0.2, 0.25) is 0 Å². The van der Waals surface area contributed by atoms with Crippen molar-refractivity contribution in [3.63, 3.8) is 0 Å². The second-order valence-electron chi connectivity index (χ2n) is 21.3. The van der Waals surface area contributed by atoms with E-state index >= 15 is 0 Å². The van der Waals surface area contributed by atoms with Gasteiger partial charge in [0.25, 0.3) is 5.56 Å². The Morgan fingerprint density at radius 1 is 0.846 bits per heavy atom. The van der Waals surface area contributed by atoms with Crippen LogP contribution < -0.4 is 26.4 Å². The molecule has 8 rings (SSSR count). The summed E-state index contributed by atoms with van der Waals surface area (Å²) in [4.78, 5) is 104. The predicted molar refractivity (Wildman–Crippen MR) is 296 cm³/mol. The third-order valence-corrected chi connectivity index (χ3v) is 15.6. The molecule has 0 bridgehead atoms. The van der Waals surface area contributed by atoms with E-state index < -0.39 is 29.5 Å². The van der Waals surface area contributed by atoms with Crippen molar-refractivity contribution in [1.29, 1.82) is 0 Å². The van der Waals surface area contributed by atoms with Crippen molar-refractivity contribution in [2.75, 3.05) is 82.6 Å². The van der Waals surface area contributed by atoms with Crippen molar-refractivity contribution in [3.8, 4) is 10.4 Å². The number of nitrogens with one attached hydrogen (secondary N) is 3. The van der Waals surface area contributed by atoms with E-state index in [2.05, 4.69) is 35.8 Å². The SMILES string of the molecule is CC(=O)c1c(C)c2cnc(Nc3ccc(N4CCN(C(=O)CCOCCOCCOCCC(=O)N[C@H](C(=O)N5C[C@H](O)C[C@H]5C(=O)NCc5ccc(-c6scnc6C)cc5)C(C)(C)C)CC4)cn3)nc2n(C2CCCC2)c1=O. The quantitative estimate of drug-likeness (QED) is 0.0480. The lowest BCUT2D eigenvalue weighted by molar-refractivity contribution is -0.144. The highest BCUT2D eigenvalue weighted by Crippen LogP contribution is 2.33. The molecule has 1 aliphatic carbocycles. The summed E-state index contributed by atoms with van der Waals surface area (Å²) in [7, 11) is 0. The number of carbonyl (C=O) groups is 5. The van der Waals surface area contributed by atoms with Crippen LogP contribution in [0.25, 0.3) is 21.5 Å². The van der Waals surface area contributed by atoms with Crippen molar-refractivity contribution < 1.29 is 43.3 Å². The summed E-state index contributed by atoms with van der Waals surface area (Å²) < 4.78 is 18.6. The van der Waals surface area contributed by atoms with Gasteiger partial charge in [0.2, 0.25) is 29.6 Å². The maximum absolute atomic E-state index is 14.0. The number of ketones is 1. The summed E-state index contributed by atoms with van der Waals surface area (Å²) in [5.74, 6) is -0.595. The van der Waals surface area contributed by atoms with Crippen LogP contribution in [0.3, 0.4) is 0 Å². The van der Waals surface area contributed by atoms with Crippen LogP contribution in [-0.2, 0) is 39.9 Å². The Morgan fingerprint density at radius 3 is 2.15 bits per heavy atom. The number of carbonyl (C=O) groups excluding carboxylic acids is 5. The van der Waals surface area contributed by atoms with Crippen LogP contribution in [0.1, 0.15) is 106 Å². The first-order valence-electron chi connectivity index (χ1n) is 26.9. The van der Waals surface area contributed by atoms with E-state index in [1.807, 2.05) is 74.5 Å². The van der Waals surface area contributed by atoms with Gasteiger partial charge in [-0.3, -0.25) is 33.3 Å². The number of thiazole rings is 1. The highest BCUT2D eigenvalue weighted by atomic mass is 32.1. The van der Waals surface area contributed by atoms with Gasteiger partial charge >= 0.3 is 0 Å². The second-order valence-corrected chi connectivity index (χ2v) is 22.1. The van der Waals surface area contributed by atoms with Crippen LogP contribution in [0.4, 0.5) is 17.5 Å². The molecule has 4 N–H and O–H groups in total. The largest absolute Gasteiger partial charge is 0.391 e. The third kappa shape index (κ3) is 14.3. The summed E-state index contributed by atoms with van der Waals surface area (Å²) in [6, 6.07) is 9.81. The molecular weight excluding hydrogens is 1020 g/mol. The Bertz CT molecular complexity index is 2970. The van der Waals surface area contributed by atoms with Gasteiger partial charge in [0.15, 0.2) is 5.78 Å². The number of β-amino-alcohol motifs (C(OH)–C–C–N with tert-alkyl or cyclic N) is 1. The number of aryl methyl sites for hydroxylation is 2. The number of anilines is 3. The normalized spacial score (nSPS) is 17.4. The molecule has 418 valence electrons. The number of piperazine rings is 1. The molecular formula is C56H73N11O10S. The van der Waals surface area contributed by atoms with Crippen LogP contribution in [0.15, 0.2) is 59.1 Å². The van der Waals surface area contributed by atoms with E-state index in [4.69, 9.17) is 19.2 Å². The fourth-order valence-electron chi connectivity index (χ4n) is 10.3. The first-order valence-corrected chi connectivity index (χ1v) is 27.8. The Labute approximate surface area is 458 Å². The molecule has 1 aromatic carbocycles. The van der Waals surface area contributed by atoms with Gasteiger partial charge in [-0.25, -0.2) is 15.0 Å². The molecule has 78 heavy (non-hydrogen) atoms. The van der Waals surface area contributed by atoms with Gasteiger partial charge in [0, 0.05) is 69.7 Å². The van der Waals surface area contributed by atoms with E-state index in [-0.39, 0.29) is 99.4 Å². The van der Waals surface area contributed by atoms with E-state index in [0.29, 0.717) is 67.8 Å². The number of fused-ring (bicyclic) bond motifs is 1. The van der Waals surface area contributed by atoms with Crippen molar-refractivity contribution in [2.45, 2.75) is 117 Å². The smallest absolute Gasteiger partial charge is 0.263 e. The number of amides is 4. The summed E-state index contributed by atoms with van der Waals surface area (Å²) in [5.41, 5.74) is 5.92. The van der Waals surface area contributed by atoms with E-state index in [9.17, 15) is 33.9 Å². The second kappa shape index (κ2) is 26.3. The number of nitrogens with zero attached hydrogens (tertiary/aromatic N) is 8. The maximum atomic E-state index is 14.0. The van der Waals surface area contributed by atoms with Gasteiger partial charge in [0.05, 0.1) is 85.7 Å². The Balaban J connectivity index is 0.679. The number of aliphatic hydroxyl groups is 1. The number of aromatic nitrogens is 5. The highest BCUT2D eigenvalue weighted by Gasteiger charge is 2.44. The van der Waals surface area contributed by atoms with Gasteiger partial charge in [0.1, 0.15) is 23.5 Å². The first kappa shape index (κ1) is 57.5. The number of benzene rings is 1. The van der Waals surface area contributed by atoms with Gasteiger partial charge in [-0.1, -0.05) is 57.9 Å². The monoisotopic (exact) mass is 1090 g/mol. The molecule has 3 aliphatic rings. The Hall–Kier alpha value is -6.72. The molecule has 21 nitrogen and oxygen atoms in total. The van der Waals surface area contributed by atoms with Crippen LogP contribution in [-0.4, -0.2) is 159 Å². The number of aliphatic hydroxyl groups excluding tert-OH is 1. The van der Waals surface area contributed by atoms with Crippen LogP contribution in [0.5, 0.6) is 0 Å². The molecule has 0 unspecified atom stereocenters. The number of pyridine rings is 2. The Morgan fingerprint density at radius 2 is 1.53 bits per heavy atom. The summed E-state index contributed by atoms with van der Waals surface area (Å²) in [5, 5.41) is 20.2. The van der Waals surface area contributed by atoms with Gasteiger partial charge < -0.3 is 50.0 Å². The molecule has 3 fully saturated rings. The van der Waals surface area contributed by atoms with Gasteiger partial charge in [-0.15, -0.1) is 11.3 Å². The molecule has 1 saturated carbocycles. The molecule has 0 spiro atoms. The van der Waals surface area contributed by atoms with Gasteiger partial charge in [-0.2, -0.15) is 4.98 Å². The minimum absolute atomic E-state index is 0.00543. The summed E-state index contributed by atoms with van der Waals surface area (Å²) >= 11 is 1.57. The lowest BCUT2D eigenvalue weighted by atomic mass is 9.85. The van der Waals surface area contributed by atoms with Crippen molar-refractivity contribution in [1.82, 2.24) is 44.9 Å². The molecule has 4 aromatic heterocycles. The lowest BCUT2D eigenvalue weighted by Gasteiger charge is -2.36. The zero-order valence-corrected chi connectivity index (χ0v) is 46.4. The fourth-order valence-corrected chi connectivity index (χ4v) is 11.1. The maximum Gasteiger partial charge on any atom is 0.263 e. The summed E-state index contributed by atoms with van der Waals surface area (Å²) in [6.45, 7) is 14.8. The van der Waals surface area contributed by atoms with Gasteiger partial charge in [-0.05, 0) is 67.9 Å². The predicted octanol–water partition coefficient (Wildman–Crippen LogP) is 5.28. The molecule has 3 atom stereocenters. The number of Topliss-reactive ketones (excluding diaryl/α,β-unsaturated/α-hetero) is 1. The average molecular weight is 1090 g/mol. The molecule has 4 amide bonds. The van der Waals surface area contributed by atoms with Crippen LogP contribution in [0, 0.1) is 19.3 Å². The zero-order valence-electron chi connectivity index (χ0n) is 45.5. The molecule has 2 saturated heterocycles. The molecule has 22 heteroatoms. The summed E-state index contributed by atoms with van der Waals surface area (Å²) in [6.07, 6.45) is 6.66. The first-order chi connectivity index (χ1) is 37.5. The fraction of sp³-hybridized carbons (Fsp3) is 0.536. The molecule has 2 aliphatic heterocycles. The minimum atomic E-state index is -0.947. The Kier molecular flexibility index (Phi) is 19.4. The molecule has 0 radical (unpaired) electrons. The molecule has 5 aromatic rings. The third-order valence-electron chi connectivity index (χ3n) is 14.6. The van der Waals surface area contributed by atoms with Crippen molar-refractivity contribution in [3.05, 3.63) is 87.0 Å². The number of ether oxygens (including phenoxy) is 3. The number of likely N-dealkylation sites (tertiary alicyclic amines) is 1. The van der Waals surface area contributed by atoms with Crippen molar-refractivity contribution in [2.24, 2.45) is 5.41 Å². The topological polar surface area (TPSA) is 253 Å². The minimum Gasteiger partial charge on any atom is -0.391 e. The van der Waals surface area contributed by atoms with E-state index in [1.165, 1.54) is 11.8 Å².